The Morgan fingerprint density at radius 2 is 1.24 bits per heavy atom. The van der Waals surface area contributed by atoms with E-state index in [9.17, 15) is 0 Å². The molecule has 6 heterocycles. The van der Waals surface area contributed by atoms with Gasteiger partial charge in [-0.05, 0) is 128 Å². The molecule has 9 heteroatoms. The lowest BCUT2D eigenvalue weighted by Gasteiger charge is -2.36. The predicted octanol–water partition coefficient (Wildman–Crippen LogP) is 7.86. The molecule has 4 aliphatic rings. The molecule has 0 amide bonds. The van der Waals surface area contributed by atoms with Gasteiger partial charge in [0.25, 0.3) is 0 Å². The number of halogens is 1. The van der Waals surface area contributed by atoms with Gasteiger partial charge >= 0.3 is 0 Å². The second kappa shape index (κ2) is 16.4. The number of aromatic nitrogens is 4. The number of aromatic amines is 2. The molecule has 0 spiro atoms. The van der Waals surface area contributed by atoms with Crippen molar-refractivity contribution in [2.45, 2.75) is 95.6 Å². The van der Waals surface area contributed by atoms with E-state index in [1.807, 2.05) is 12.4 Å². The molecule has 4 aromatic rings. The van der Waals surface area contributed by atoms with Crippen molar-refractivity contribution in [1.82, 2.24) is 29.7 Å². The molecular formula is C37H53IN6O2. The molecule has 250 valence electrons. The molecule has 8 rings (SSSR count). The number of nitrogens with one attached hydrogen (secondary N) is 2. The molecule has 2 aliphatic heterocycles. The van der Waals surface area contributed by atoms with Gasteiger partial charge in [0.15, 0.2) is 0 Å². The maximum absolute atomic E-state index is 5.60. The van der Waals surface area contributed by atoms with Crippen LogP contribution >= 0.6 is 22.6 Å². The zero-order chi connectivity index (χ0) is 30.4. The Morgan fingerprint density at radius 3 is 1.85 bits per heavy atom. The largest absolute Gasteiger partial charge is 0.380 e. The second-order valence-electron chi connectivity index (χ2n) is 13.5. The Bertz CT molecular complexity index is 1490. The molecule has 4 aromatic heterocycles. The maximum atomic E-state index is 5.60. The van der Waals surface area contributed by atoms with E-state index in [0.29, 0.717) is 11.8 Å². The number of fused-ring (bicyclic) bond motifs is 2. The first-order chi connectivity index (χ1) is 22.2. The highest BCUT2D eigenvalue weighted by molar-refractivity contribution is 14.1. The van der Waals surface area contributed by atoms with Crippen molar-refractivity contribution in [3.05, 3.63) is 57.7 Å². The number of ether oxygens (including phenoxy) is 2. The fourth-order valence-electron chi connectivity index (χ4n) is 8.20. The van der Waals surface area contributed by atoms with Crippen LogP contribution in [0.4, 0.5) is 0 Å². The van der Waals surface area contributed by atoms with Crippen molar-refractivity contribution in [1.29, 1.82) is 0 Å². The van der Waals surface area contributed by atoms with Gasteiger partial charge in [0.1, 0.15) is 11.3 Å². The highest BCUT2D eigenvalue weighted by Crippen LogP contribution is 2.37. The first-order valence-electron chi connectivity index (χ1n) is 17.4. The van der Waals surface area contributed by atoms with E-state index in [2.05, 4.69) is 82.9 Å². The number of pyridine rings is 2. The van der Waals surface area contributed by atoms with E-state index in [0.717, 1.165) is 62.9 Å². The first kappa shape index (κ1) is 33.8. The summed E-state index contributed by atoms with van der Waals surface area (Å²) in [6, 6.07) is 8.32. The van der Waals surface area contributed by atoms with Gasteiger partial charge in [0.05, 0.1) is 13.2 Å². The lowest BCUT2D eigenvalue weighted by molar-refractivity contribution is 0.118. The zero-order valence-electron chi connectivity index (χ0n) is 26.6. The van der Waals surface area contributed by atoms with Crippen molar-refractivity contribution in [2.75, 3.05) is 52.6 Å². The third kappa shape index (κ3) is 8.14. The first-order valence-corrected chi connectivity index (χ1v) is 18.5. The summed E-state index contributed by atoms with van der Waals surface area (Å²) in [7, 11) is 0. The molecule has 2 saturated carbocycles. The van der Waals surface area contributed by atoms with Gasteiger partial charge in [-0.25, -0.2) is 9.97 Å². The molecule has 2 aliphatic carbocycles. The van der Waals surface area contributed by atoms with Crippen molar-refractivity contribution in [3.8, 4) is 0 Å². The van der Waals surface area contributed by atoms with E-state index >= 15 is 0 Å². The van der Waals surface area contributed by atoms with Gasteiger partial charge in [-0.2, -0.15) is 0 Å². The molecule has 0 atom stereocenters. The third-order valence-electron chi connectivity index (χ3n) is 10.8. The highest BCUT2D eigenvalue weighted by atomic mass is 127. The van der Waals surface area contributed by atoms with Crippen LogP contribution in [0.25, 0.3) is 22.1 Å². The van der Waals surface area contributed by atoms with Crippen molar-refractivity contribution in [2.24, 2.45) is 0 Å². The minimum absolute atomic E-state index is 0. The van der Waals surface area contributed by atoms with Crippen LogP contribution in [0.15, 0.2) is 43.0 Å². The Labute approximate surface area is 288 Å². The number of hydrogen-bond donors (Lipinski definition) is 2. The molecule has 4 fully saturated rings. The summed E-state index contributed by atoms with van der Waals surface area (Å²) in [6.45, 7) is 8.36. The Balaban J connectivity index is 0.000000158. The van der Waals surface area contributed by atoms with Crippen LogP contribution in [-0.4, -0.2) is 94.4 Å². The van der Waals surface area contributed by atoms with Crippen LogP contribution in [0.3, 0.4) is 0 Å². The summed E-state index contributed by atoms with van der Waals surface area (Å²) >= 11 is 2.39. The summed E-state index contributed by atoms with van der Waals surface area (Å²) in [5.74, 6) is 1.36. The van der Waals surface area contributed by atoms with E-state index < -0.39 is 0 Å². The zero-order valence-corrected chi connectivity index (χ0v) is 28.7. The van der Waals surface area contributed by atoms with Gasteiger partial charge < -0.3 is 19.4 Å². The molecule has 0 aromatic carbocycles. The lowest BCUT2D eigenvalue weighted by Crippen LogP contribution is -2.39. The van der Waals surface area contributed by atoms with Gasteiger partial charge in [-0.1, -0.05) is 7.43 Å². The molecule has 8 nitrogen and oxygen atoms in total. The smallest absolute Gasteiger partial charge is 0.138 e. The minimum atomic E-state index is 0. The average Bonchev–Trinajstić information content (AvgIpc) is 3.46. The SMILES string of the molecule is C.Ic1c[nH]c2ncc(C3CCC(N4CCCOCC4)CC3)cc12.c1cc2cc(C3CCC(N4CCCOCC4)CC3)cnc2[nH]1. The van der Waals surface area contributed by atoms with Crippen LogP contribution < -0.4 is 0 Å². The number of hydrogen-bond acceptors (Lipinski definition) is 6. The van der Waals surface area contributed by atoms with Crippen LogP contribution in [0.1, 0.15) is 94.6 Å². The number of H-pyrrole nitrogens is 2. The van der Waals surface area contributed by atoms with E-state index in [4.69, 9.17) is 9.47 Å². The van der Waals surface area contributed by atoms with Gasteiger partial charge in [0.2, 0.25) is 0 Å². The topological polar surface area (TPSA) is 82.3 Å². The highest BCUT2D eigenvalue weighted by Gasteiger charge is 2.29. The van der Waals surface area contributed by atoms with Gasteiger partial charge in [-0.15, -0.1) is 0 Å². The predicted molar refractivity (Wildman–Crippen MR) is 196 cm³/mol. The molecule has 2 N–H and O–H groups in total. The third-order valence-corrected chi connectivity index (χ3v) is 11.7. The summed E-state index contributed by atoms with van der Waals surface area (Å²) in [5.41, 5.74) is 4.86. The minimum Gasteiger partial charge on any atom is -0.380 e. The molecular weight excluding hydrogens is 687 g/mol. The van der Waals surface area contributed by atoms with Crippen LogP contribution in [0, 0.1) is 3.57 Å². The standard InChI is InChI=1S/C18H24IN3O.C18H25N3O.CH4/c19-17-12-21-18-16(17)10-14(11-20-18)13-2-4-15(5-3-13)22-6-1-8-23-9-7-22;1-8-21(9-11-22-10-1)17-4-2-14(3-5-17)16-12-15-6-7-19-18(15)20-13-16;/h10-13,15H,1-9H2,(H,20,21);6-7,12-14,17H,1-5,8-11H2,(H,19,20);1H4. The number of nitrogens with zero attached hydrogens (tertiary/aromatic N) is 4. The Kier molecular flexibility index (Phi) is 12.0. The van der Waals surface area contributed by atoms with Crippen LogP contribution in [-0.2, 0) is 9.47 Å². The second-order valence-corrected chi connectivity index (χ2v) is 14.7. The lowest BCUT2D eigenvalue weighted by atomic mass is 9.81. The molecule has 2 saturated heterocycles. The average molecular weight is 741 g/mol. The van der Waals surface area contributed by atoms with Crippen molar-refractivity contribution < 1.29 is 9.47 Å². The number of rotatable bonds is 4. The molecule has 0 radical (unpaired) electrons. The van der Waals surface area contributed by atoms with E-state index in [1.165, 1.54) is 103 Å². The monoisotopic (exact) mass is 740 g/mol. The summed E-state index contributed by atoms with van der Waals surface area (Å²) in [4.78, 5) is 20.9. The van der Waals surface area contributed by atoms with Crippen molar-refractivity contribution in [3.63, 3.8) is 0 Å². The fraction of sp³-hybridized carbons (Fsp3) is 0.622. The van der Waals surface area contributed by atoms with E-state index in [1.54, 1.807) is 0 Å². The van der Waals surface area contributed by atoms with Gasteiger partial charge in [-0.3, -0.25) is 9.80 Å². The normalized spacial score (nSPS) is 26.9. The van der Waals surface area contributed by atoms with Crippen LogP contribution in [0.5, 0.6) is 0 Å². The fourth-order valence-corrected chi connectivity index (χ4v) is 8.77. The Hall–Kier alpha value is -2.05. The summed E-state index contributed by atoms with van der Waals surface area (Å²) < 4.78 is 12.5. The van der Waals surface area contributed by atoms with Gasteiger partial charge in [0, 0.05) is 90.6 Å². The molecule has 0 unspecified atom stereocenters. The Morgan fingerprint density at radius 1 is 0.674 bits per heavy atom. The van der Waals surface area contributed by atoms with E-state index in [-0.39, 0.29) is 7.43 Å². The maximum Gasteiger partial charge on any atom is 0.138 e. The summed E-state index contributed by atoms with van der Waals surface area (Å²) in [5, 5.41) is 2.51. The van der Waals surface area contributed by atoms with Crippen molar-refractivity contribution >= 4 is 44.7 Å². The van der Waals surface area contributed by atoms with Crippen LogP contribution in [0.2, 0.25) is 0 Å². The quantitative estimate of drug-likeness (QED) is 0.208. The summed E-state index contributed by atoms with van der Waals surface area (Å²) in [6.07, 6.45) is 21.0. The molecule has 46 heavy (non-hydrogen) atoms. The molecule has 0 bridgehead atoms.